The first-order valence-corrected chi connectivity index (χ1v) is 7.46. The van der Waals surface area contributed by atoms with E-state index in [-0.39, 0.29) is 5.97 Å². The van der Waals surface area contributed by atoms with Crippen LogP contribution < -0.4 is 5.32 Å². The zero-order valence-corrected chi connectivity index (χ0v) is 12.8. The van der Waals surface area contributed by atoms with Gasteiger partial charge in [0.25, 0.3) is 0 Å². The molecule has 1 N–H and O–H groups in total. The number of esters is 1. The van der Waals surface area contributed by atoms with Crippen molar-refractivity contribution < 1.29 is 9.53 Å². The van der Waals surface area contributed by atoms with Crippen molar-refractivity contribution in [1.82, 2.24) is 4.98 Å². The highest BCUT2D eigenvalue weighted by Crippen LogP contribution is 2.27. The fraction of sp³-hybridized carbons (Fsp3) is 0.286. The van der Waals surface area contributed by atoms with Gasteiger partial charge in [-0.05, 0) is 32.0 Å². The minimum absolute atomic E-state index is 0.320. The summed E-state index contributed by atoms with van der Waals surface area (Å²) in [6.45, 7) is 4.00. The number of hydrogen-bond acceptors (Lipinski definition) is 5. The third-order valence-electron chi connectivity index (χ3n) is 2.70. The number of aromatic nitrogens is 1. The van der Waals surface area contributed by atoms with E-state index in [1.807, 2.05) is 19.1 Å². The lowest BCUT2D eigenvalue weighted by Crippen LogP contribution is -2.23. The Morgan fingerprint density at radius 3 is 2.95 bits per heavy atom. The second kappa shape index (κ2) is 6.72. The average molecular weight is 311 g/mol. The molecule has 106 valence electrons. The summed E-state index contributed by atoms with van der Waals surface area (Å²) in [4.78, 5) is 17.2. The molecule has 0 fully saturated rings. The lowest BCUT2D eigenvalue weighted by atomic mass is 10.2. The van der Waals surface area contributed by atoms with Gasteiger partial charge >= 0.3 is 5.97 Å². The van der Waals surface area contributed by atoms with Gasteiger partial charge in [-0.1, -0.05) is 17.7 Å². The van der Waals surface area contributed by atoms with E-state index in [9.17, 15) is 4.79 Å². The van der Waals surface area contributed by atoms with Crippen molar-refractivity contribution in [3.8, 4) is 0 Å². The minimum Gasteiger partial charge on any atom is -0.464 e. The fourth-order valence-electron chi connectivity index (χ4n) is 1.79. The summed E-state index contributed by atoms with van der Waals surface area (Å²) in [5, 5.41) is 3.77. The molecular formula is C14H15ClN2O2S. The molecule has 4 nitrogen and oxygen atoms in total. The zero-order chi connectivity index (χ0) is 14.5. The molecule has 0 aliphatic heterocycles. The van der Waals surface area contributed by atoms with Crippen molar-refractivity contribution >= 4 is 34.6 Å². The van der Waals surface area contributed by atoms with Crippen LogP contribution in [0.2, 0.25) is 5.02 Å². The molecule has 0 amide bonds. The van der Waals surface area contributed by atoms with Crippen LogP contribution in [0.4, 0.5) is 5.69 Å². The van der Waals surface area contributed by atoms with Crippen LogP contribution in [-0.4, -0.2) is 17.6 Å². The van der Waals surface area contributed by atoms with Gasteiger partial charge < -0.3 is 10.1 Å². The van der Waals surface area contributed by atoms with Crippen molar-refractivity contribution in [2.75, 3.05) is 11.9 Å². The topological polar surface area (TPSA) is 51.2 Å². The van der Waals surface area contributed by atoms with Gasteiger partial charge in [0.05, 0.1) is 22.7 Å². The van der Waals surface area contributed by atoms with E-state index >= 15 is 0 Å². The Kier molecular flexibility index (Phi) is 4.98. The SMILES string of the molecule is CCOC(=O)C(Nc1cccc(Cl)c1)c1scnc1C. The maximum absolute atomic E-state index is 12.1. The Hall–Kier alpha value is -1.59. The van der Waals surface area contributed by atoms with E-state index in [0.29, 0.717) is 11.6 Å². The van der Waals surface area contributed by atoms with Crippen LogP contribution in [0.15, 0.2) is 29.8 Å². The largest absolute Gasteiger partial charge is 0.464 e. The number of rotatable bonds is 5. The minimum atomic E-state index is -0.569. The summed E-state index contributed by atoms with van der Waals surface area (Å²) in [5.41, 5.74) is 3.31. The summed E-state index contributed by atoms with van der Waals surface area (Å²) in [6.07, 6.45) is 0. The van der Waals surface area contributed by atoms with Crippen molar-refractivity contribution in [3.63, 3.8) is 0 Å². The van der Waals surface area contributed by atoms with Gasteiger partial charge in [0, 0.05) is 10.7 Å². The number of aryl methyl sites for hydroxylation is 1. The van der Waals surface area contributed by atoms with Gasteiger partial charge in [0.1, 0.15) is 0 Å². The number of nitrogens with zero attached hydrogens (tertiary/aromatic N) is 1. The molecule has 2 aromatic rings. The van der Waals surface area contributed by atoms with Crippen molar-refractivity contribution in [1.29, 1.82) is 0 Å². The number of nitrogens with one attached hydrogen (secondary N) is 1. The summed E-state index contributed by atoms with van der Waals surface area (Å²) < 4.78 is 5.13. The fourth-order valence-corrected chi connectivity index (χ4v) is 2.82. The predicted molar refractivity (Wildman–Crippen MR) is 81.3 cm³/mol. The van der Waals surface area contributed by atoms with E-state index in [1.54, 1.807) is 24.6 Å². The number of carbonyl (C=O) groups excluding carboxylic acids is 1. The Bertz CT molecular complexity index is 600. The Balaban J connectivity index is 2.28. The first-order valence-electron chi connectivity index (χ1n) is 6.20. The number of ether oxygens (including phenoxy) is 1. The van der Waals surface area contributed by atoms with Crippen molar-refractivity contribution in [2.24, 2.45) is 0 Å². The van der Waals surface area contributed by atoms with Gasteiger partial charge in [0.15, 0.2) is 6.04 Å². The molecule has 1 aromatic carbocycles. The van der Waals surface area contributed by atoms with Crippen LogP contribution in [0.3, 0.4) is 0 Å². The normalized spacial score (nSPS) is 11.9. The molecule has 0 saturated carbocycles. The molecule has 0 aliphatic carbocycles. The van der Waals surface area contributed by atoms with Gasteiger partial charge in [-0.25, -0.2) is 9.78 Å². The Labute approximate surface area is 126 Å². The summed E-state index contributed by atoms with van der Waals surface area (Å²) in [7, 11) is 0. The van der Waals surface area contributed by atoms with Crippen LogP contribution in [0.25, 0.3) is 0 Å². The molecule has 0 radical (unpaired) electrons. The predicted octanol–water partition coefficient (Wildman–Crippen LogP) is 3.82. The quantitative estimate of drug-likeness (QED) is 0.853. The third kappa shape index (κ3) is 3.49. The maximum Gasteiger partial charge on any atom is 0.334 e. The highest BCUT2D eigenvalue weighted by Gasteiger charge is 2.25. The summed E-state index contributed by atoms with van der Waals surface area (Å²) >= 11 is 7.39. The monoisotopic (exact) mass is 310 g/mol. The smallest absolute Gasteiger partial charge is 0.334 e. The van der Waals surface area contributed by atoms with Crippen LogP contribution in [-0.2, 0) is 9.53 Å². The lowest BCUT2D eigenvalue weighted by Gasteiger charge is -2.17. The van der Waals surface area contributed by atoms with Gasteiger partial charge in [-0.15, -0.1) is 11.3 Å². The number of anilines is 1. The molecule has 0 saturated heterocycles. The summed E-state index contributed by atoms with van der Waals surface area (Å²) in [6, 6.07) is 6.66. The van der Waals surface area contributed by atoms with E-state index in [2.05, 4.69) is 10.3 Å². The number of thiazole rings is 1. The van der Waals surface area contributed by atoms with Gasteiger partial charge in [-0.2, -0.15) is 0 Å². The van der Waals surface area contributed by atoms with E-state index < -0.39 is 6.04 Å². The van der Waals surface area contributed by atoms with Crippen LogP contribution in [0, 0.1) is 6.92 Å². The van der Waals surface area contributed by atoms with E-state index in [1.165, 1.54) is 11.3 Å². The Morgan fingerprint density at radius 1 is 1.55 bits per heavy atom. The number of hydrogen-bond donors (Lipinski definition) is 1. The molecule has 0 bridgehead atoms. The second-order valence-electron chi connectivity index (χ2n) is 4.14. The van der Waals surface area contributed by atoms with Crippen LogP contribution >= 0.6 is 22.9 Å². The number of carbonyl (C=O) groups is 1. The van der Waals surface area contributed by atoms with Crippen molar-refractivity contribution in [2.45, 2.75) is 19.9 Å². The molecule has 1 heterocycles. The molecule has 6 heteroatoms. The van der Waals surface area contributed by atoms with Crippen molar-refractivity contribution in [3.05, 3.63) is 45.4 Å². The molecule has 0 spiro atoms. The van der Waals surface area contributed by atoms with Gasteiger partial charge in [0.2, 0.25) is 0 Å². The van der Waals surface area contributed by atoms with Gasteiger partial charge in [-0.3, -0.25) is 0 Å². The third-order valence-corrected chi connectivity index (χ3v) is 3.93. The lowest BCUT2D eigenvalue weighted by molar-refractivity contribution is -0.144. The van der Waals surface area contributed by atoms with Crippen LogP contribution in [0.5, 0.6) is 0 Å². The van der Waals surface area contributed by atoms with Crippen LogP contribution in [0.1, 0.15) is 23.5 Å². The highest BCUT2D eigenvalue weighted by atomic mass is 35.5. The average Bonchev–Trinajstić information content (AvgIpc) is 2.82. The molecule has 2 rings (SSSR count). The molecule has 1 unspecified atom stereocenters. The highest BCUT2D eigenvalue weighted by molar-refractivity contribution is 7.10. The zero-order valence-electron chi connectivity index (χ0n) is 11.2. The molecule has 1 atom stereocenters. The van der Waals surface area contributed by atoms with E-state index in [4.69, 9.17) is 16.3 Å². The summed E-state index contributed by atoms with van der Waals surface area (Å²) in [5.74, 6) is -0.320. The second-order valence-corrected chi connectivity index (χ2v) is 5.46. The molecule has 20 heavy (non-hydrogen) atoms. The first-order chi connectivity index (χ1) is 9.61. The van der Waals surface area contributed by atoms with E-state index in [0.717, 1.165) is 16.3 Å². The first kappa shape index (κ1) is 14.8. The maximum atomic E-state index is 12.1. The molecule has 0 aliphatic rings. The molecular weight excluding hydrogens is 296 g/mol. The molecule has 1 aromatic heterocycles. The standard InChI is InChI=1S/C14H15ClN2O2S/c1-3-19-14(18)12(13-9(2)16-8-20-13)17-11-6-4-5-10(15)7-11/h4-8,12,17H,3H2,1-2H3. The number of halogens is 1. The Morgan fingerprint density at radius 2 is 2.35 bits per heavy atom. The number of benzene rings is 1.